The second kappa shape index (κ2) is 10.3. The standard InChI is InChI=1S/C14H21N3O2/c1-2-8-14(18)12-19-10-7-5-3-4-6-9-13-11-15-17-16-13/h11H,3-7,9-10,12H2,1H3,(H,15,16,17). The Balaban J connectivity index is 1.83. The van der Waals surface area contributed by atoms with Crippen molar-refractivity contribution in [2.75, 3.05) is 13.2 Å². The molecule has 0 saturated carbocycles. The van der Waals surface area contributed by atoms with E-state index in [0.29, 0.717) is 6.61 Å². The molecular formula is C14H21N3O2. The highest BCUT2D eigenvalue weighted by atomic mass is 16.5. The molecule has 0 aromatic carbocycles. The minimum Gasteiger partial charge on any atom is -0.373 e. The summed E-state index contributed by atoms with van der Waals surface area (Å²) in [7, 11) is 0. The lowest BCUT2D eigenvalue weighted by atomic mass is 10.1. The molecule has 0 bridgehead atoms. The minimum atomic E-state index is -0.143. The third-order valence-corrected chi connectivity index (χ3v) is 2.69. The van der Waals surface area contributed by atoms with Crippen molar-refractivity contribution in [2.45, 2.75) is 45.4 Å². The first-order valence-electron chi connectivity index (χ1n) is 6.71. The smallest absolute Gasteiger partial charge is 0.231 e. The van der Waals surface area contributed by atoms with Gasteiger partial charge in [-0.25, -0.2) is 0 Å². The Kier molecular flexibility index (Phi) is 8.32. The molecule has 19 heavy (non-hydrogen) atoms. The molecule has 1 N–H and O–H groups in total. The van der Waals surface area contributed by atoms with E-state index in [2.05, 4.69) is 27.3 Å². The van der Waals surface area contributed by atoms with Crippen LogP contribution in [0.3, 0.4) is 0 Å². The second-order valence-corrected chi connectivity index (χ2v) is 4.33. The van der Waals surface area contributed by atoms with Crippen LogP contribution in [-0.4, -0.2) is 34.4 Å². The Morgan fingerprint density at radius 2 is 2.11 bits per heavy atom. The number of carbonyl (C=O) groups excluding carboxylic acids is 1. The molecule has 5 heteroatoms. The molecule has 0 atom stereocenters. The first-order chi connectivity index (χ1) is 9.33. The van der Waals surface area contributed by atoms with Crippen LogP contribution < -0.4 is 0 Å². The highest BCUT2D eigenvalue weighted by Gasteiger charge is 1.98. The Bertz CT molecular complexity index is 404. The predicted octanol–water partition coefficient (Wildman–Crippen LogP) is 1.91. The number of H-pyrrole nitrogens is 1. The quantitative estimate of drug-likeness (QED) is 0.398. The van der Waals surface area contributed by atoms with Crippen molar-refractivity contribution in [3.63, 3.8) is 0 Å². The zero-order valence-electron chi connectivity index (χ0n) is 11.4. The fourth-order valence-corrected chi connectivity index (χ4v) is 1.73. The summed E-state index contributed by atoms with van der Waals surface area (Å²) in [6.07, 6.45) is 8.46. The molecule has 1 heterocycles. The monoisotopic (exact) mass is 263 g/mol. The summed E-state index contributed by atoms with van der Waals surface area (Å²) in [5.41, 5.74) is 1.03. The van der Waals surface area contributed by atoms with Gasteiger partial charge in [0.05, 0.1) is 5.69 Å². The van der Waals surface area contributed by atoms with Crippen LogP contribution in [-0.2, 0) is 16.0 Å². The Morgan fingerprint density at radius 3 is 2.84 bits per heavy atom. The number of aromatic amines is 1. The van der Waals surface area contributed by atoms with Crippen LogP contribution in [0.4, 0.5) is 0 Å². The molecule has 0 unspecified atom stereocenters. The van der Waals surface area contributed by atoms with Gasteiger partial charge >= 0.3 is 0 Å². The number of aromatic nitrogens is 3. The van der Waals surface area contributed by atoms with Gasteiger partial charge in [0.15, 0.2) is 0 Å². The van der Waals surface area contributed by atoms with E-state index in [1.807, 2.05) is 6.20 Å². The van der Waals surface area contributed by atoms with Gasteiger partial charge < -0.3 is 4.74 Å². The van der Waals surface area contributed by atoms with Crippen molar-refractivity contribution < 1.29 is 9.53 Å². The lowest BCUT2D eigenvalue weighted by Gasteiger charge is -2.01. The summed E-state index contributed by atoms with van der Waals surface area (Å²) < 4.78 is 5.24. The molecule has 0 radical (unpaired) electrons. The first-order valence-corrected chi connectivity index (χ1v) is 6.71. The van der Waals surface area contributed by atoms with Gasteiger partial charge in [0.1, 0.15) is 6.61 Å². The van der Waals surface area contributed by atoms with E-state index in [1.54, 1.807) is 6.92 Å². The Morgan fingerprint density at radius 1 is 1.32 bits per heavy atom. The van der Waals surface area contributed by atoms with E-state index in [1.165, 1.54) is 12.8 Å². The maximum Gasteiger partial charge on any atom is 0.231 e. The minimum absolute atomic E-state index is 0.118. The lowest BCUT2D eigenvalue weighted by Crippen LogP contribution is -2.06. The topological polar surface area (TPSA) is 67.9 Å². The number of nitrogens with one attached hydrogen (secondary N) is 1. The number of rotatable bonds is 10. The maximum absolute atomic E-state index is 11.0. The number of aryl methyl sites for hydroxylation is 1. The zero-order chi connectivity index (χ0) is 13.8. The number of unbranched alkanes of at least 4 members (excludes halogenated alkanes) is 4. The number of nitrogens with zero attached hydrogens (tertiary/aromatic N) is 2. The maximum atomic E-state index is 11.0. The molecule has 0 amide bonds. The normalized spacial score (nSPS) is 9.95. The van der Waals surface area contributed by atoms with Crippen molar-refractivity contribution in [2.24, 2.45) is 0 Å². The van der Waals surface area contributed by atoms with E-state index in [4.69, 9.17) is 4.74 Å². The van der Waals surface area contributed by atoms with Gasteiger partial charge in [-0.15, -0.1) is 5.10 Å². The molecule has 0 aliphatic heterocycles. The van der Waals surface area contributed by atoms with E-state index in [-0.39, 0.29) is 12.4 Å². The van der Waals surface area contributed by atoms with Crippen molar-refractivity contribution in [3.05, 3.63) is 11.9 Å². The third kappa shape index (κ3) is 8.11. The molecule has 1 aromatic heterocycles. The average Bonchev–Trinajstić information content (AvgIpc) is 2.90. The van der Waals surface area contributed by atoms with E-state index >= 15 is 0 Å². The average molecular weight is 263 g/mol. The fraction of sp³-hybridized carbons (Fsp3) is 0.643. The van der Waals surface area contributed by atoms with Gasteiger partial charge in [-0.1, -0.05) is 30.4 Å². The Hall–Kier alpha value is -1.67. The number of carbonyl (C=O) groups is 1. The number of Topliss-reactive ketones (excluding diaryl/α,β-unsaturated/α-hetero) is 1. The number of ether oxygens (including phenoxy) is 1. The van der Waals surface area contributed by atoms with Gasteiger partial charge in [0.2, 0.25) is 5.78 Å². The first kappa shape index (κ1) is 15.4. The predicted molar refractivity (Wildman–Crippen MR) is 72.4 cm³/mol. The van der Waals surface area contributed by atoms with E-state index in [0.717, 1.165) is 31.4 Å². The van der Waals surface area contributed by atoms with Gasteiger partial charge in [0.25, 0.3) is 0 Å². The van der Waals surface area contributed by atoms with Crippen molar-refractivity contribution in [3.8, 4) is 11.8 Å². The molecule has 0 spiro atoms. The van der Waals surface area contributed by atoms with E-state index in [9.17, 15) is 4.79 Å². The zero-order valence-corrected chi connectivity index (χ0v) is 11.4. The Labute approximate surface area is 114 Å². The van der Waals surface area contributed by atoms with E-state index < -0.39 is 0 Å². The molecule has 5 nitrogen and oxygen atoms in total. The SMILES string of the molecule is CC#CC(=O)COCCCCCCCc1c[nH]nn1. The summed E-state index contributed by atoms with van der Waals surface area (Å²) in [5, 5.41) is 10.3. The van der Waals surface area contributed by atoms with Gasteiger partial charge in [-0.3, -0.25) is 9.89 Å². The molecule has 0 aliphatic rings. The van der Waals surface area contributed by atoms with Gasteiger partial charge in [0, 0.05) is 12.8 Å². The summed E-state index contributed by atoms with van der Waals surface area (Å²) in [5.74, 6) is 4.87. The van der Waals surface area contributed by atoms with Crippen LogP contribution in [0.2, 0.25) is 0 Å². The number of ketones is 1. The van der Waals surface area contributed by atoms with Crippen LogP contribution in [0.25, 0.3) is 0 Å². The van der Waals surface area contributed by atoms with Crippen LogP contribution >= 0.6 is 0 Å². The molecule has 104 valence electrons. The third-order valence-electron chi connectivity index (χ3n) is 2.69. The van der Waals surface area contributed by atoms with Crippen molar-refractivity contribution >= 4 is 5.78 Å². The van der Waals surface area contributed by atoms with Crippen molar-refractivity contribution in [1.29, 1.82) is 0 Å². The molecule has 0 saturated heterocycles. The second-order valence-electron chi connectivity index (χ2n) is 4.33. The number of hydrogen-bond acceptors (Lipinski definition) is 4. The lowest BCUT2D eigenvalue weighted by molar-refractivity contribution is -0.118. The highest BCUT2D eigenvalue weighted by Crippen LogP contribution is 2.06. The summed E-state index contributed by atoms with van der Waals surface area (Å²) in [6, 6.07) is 0. The molecular weight excluding hydrogens is 242 g/mol. The summed E-state index contributed by atoms with van der Waals surface area (Å²) >= 11 is 0. The van der Waals surface area contributed by atoms with Gasteiger partial charge in [-0.2, -0.15) is 0 Å². The fourth-order valence-electron chi connectivity index (χ4n) is 1.73. The number of hydrogen-bond donors (Lipinski definition) is 1. The summed E-state index contributed by atoms with van der Waals surface area (Å²) in [4.78, 5) is 11.0. The van der Waals surface area contributed by atoms with Crippen LogP contribution in [0.1, 0.15) is 44.7 Å². The van der Waals surface area contributed by atoms with Crippen LogP contribution in [0.15, 0.2) is 6.20 Å². The highest BCUT2D eigenvalue weighted by molar-refractivity contribution is 5.96. The van der Waals surface area contributed by atoms with Crippen LogP contribution in [0, 0.1) is 11.8 Å². The largest absolute Gasteiger partial charge is 0.373 e. The van der Waals surface area contributed by atoms with Crippen LogP contribution in [0.5, 0.6) is 0 Å². The summed E-state index contributed by atoms with van der Waals surface area (Å²) in [6.45, 7) is 2.41. The molecule has 1 rings (SSSR count). The van der Waals surface area contributed by atoms with Crippen molar-refractivity contribution in [1.82, 2.24) is 15.4 Å². The van der Waals surface area contributed by atoms with Gasteiger partial charge in [-0.05, 0) is 32.1 Å². The molecule has 1 aromatic rings. The molecule has 0 fully saturated rings. The molecule has 0 aliphatic carbocycles.